The van der Waals surface area contributed by atoms with Gasteiger partial charge in [0.2, 0.25) is 0 Å². The highest BCUT2D eigenvalue weighted by molar-refractivity contribution is 5.66. The zero-order valence-electron chi connectivity index (χ0n) is 9.76. The van der Waals surface area contributed by atoms with Gasteiger partial charge in [-0.15, -0.1) is 0 Å². The maximum absolute atomic E-state index is 11.1. The van der Waals surface area contributed by atoms with Crippen LogP contribution in [0.15, 0.2) is 12.2 Å². The number of aldehydes is 1. The molecule has 0 unspecified atom stereocenters. The minimum absolute atomic E-state index is 0.00472. The summed E-state index contributed by atoms with van der Waals surface area (Å²) in [5, 5.41) is 0. The zero-order chi connectivity index (χ0) is 11.7. The second-order valence-electron chi connectivity index (χ2n) is 4.99. The molecule has 0 saturated heterocycles. The Labute approximate surface area is 95.9 Å². The van der Waals surface area contributed by atoms with Gasteiger partial charge in [0.25, 0.3) is 0 Å². The molecular weight excluding hydrogens is 204 g/mol. The molecule has 0 bridgehead atoms. The first kappa shape index (κ1) is 11.4. The molecule has 88 valence electrons. The number of esters is 1. The van der Waals surface area contributed by atoms with E-state index < -0.39 is 0 Å². The normalized spacial score (nSPS) is 41.5. The maximum atomic E-state index is 11.1. The van der Waals surface area contributed by atoms with Crippen LogP contribution in [0.25, 0.3) is 0 Å². The Morgan fingerprint density at radius 1 is 1.44 bits per heavy atom. The molecule has 1 fully saturated rings. The SMILES string of the molecule is CC(=O)O[C@@H]1[C@H]2CC=C[C@H](C=O)[C@H]2C[C@@H]1C. The van der Waals surface area contributed by atoms with Crippen LogP contribution >= 0.6 is 0 Å². The van der Waals surface area contributed by atoms with Crippen LogP contribution in [0.4, 0.5) is 0 Å². The van der Waals surface area contributed by atoms with Gasteiger partial charge >= 0.3 is 5.97 Å². The molecule has 0 aromatic heterocycles. The van der Waals surface area contributed by atoms with Crippen LogP contribution in [0.3, 0.4) is 0 Å². The van der Waals surface area contributed by atoms with Crippen molar-refractivity contribution in [2.45, 2.75) is 32.8 Å². The molecule has 5 atom stereocenters. The highest BCUT2D eigenvalue weighted by atomic mass is 16.5. The first-order valence-corrected chi connectivity index (χ1v) is 5.92. The van der Waals surface area contributed by atoms with Crippen molar-refractivity contribution in [1.82, 2.24) is 0 Å². The van der Waals surface area contributed by atoms with Gasteiger partial charge in [-0.2, -0.15) is 0 Å². The third-order valence-corrected chi connectivity index (χ3v) is 3.90. The molecule has 16 heavy (non-hydrogen) atoms. The van der Waals surface area contributed by atoms with Crippen LogP contribution in [-0.2, 0) is 14.3 Å². The highest BCUT2D eigenvalue weighted by Gasteiger charge is 2.46. The number of allylic oxidation sites excluding steroid dienone is 2. The Morgan fingerprint density at radius 3 is 2.81 bits per heavy atom. The Morgan fingerprint density at radius 2 is 2.19 bits per heavy atom. The largest absolute Gasteiger partial charge is 0.462 e. The maximum Gasteiger partial charge on any atom is 0.302 e. The molecule has 0 spiro atoms. The van der Waals surface area contributed by atoms with E-state index in [9.17, 15) is 9.59 Å². The molecule has 0 aliphatic heterocycles. The summed E-state index contributed by atoms with van der Waals surface area (Å²) in [6, 6.07) is 0. The molecule has 0 N–H and O–H groups in total. The van der Waals surface area contributed by atoms with Crippen molar-refractivity contribution in [2.75, 3.05) is 0 Å². The van der Waals surface area contributed by atoms with Crippen LogP contribution < -0.4 is 0 Å². The molecule has 2 aliphatic rings. The first-order valence-electron chi connectivity index (χ1n) is 5.92. The van der Waals surface area contributed by atoms with E-state index in [2.05, 4.69) is 13.0 Å². The van der Waals surface area contributed by atoms with Gasteiger partial charge in [0.1, 0.15) is 12.4 Å². The molecule has 2 rings (SSSR count). The van der Waals surface area contributed by atoms with Gasteiger partial charge in [-0.1, -0.05) is 19.1 Å². The van der Waals surface area contributed by atoms with Crippen molar-refractivity contribution >= 4 is 12.3 Å². The topological polar surface area (TPSA) is 43.4 Å². The van der Waals surface area contributed by atoms with E-state index in [1.165, 1.54) is 6.92 Å². The minimum atomic E-state index is -0.213. The monoisotopic (exact) mass is 222 g/mol. The number of hydrogen-bond acceptors (Lipinski definition) is 3. The molecule has 0 aromatic rings. The van der Waals surface area contributed by atoms with E-state index in [0.29, 0.717) is 17.8 Å². The average molecular weight is 222 g/mol. The summed E-state index contributed by atoms with van der Waals surface area (Å²) in [5.74, 6) is 0.860. The zero-order valence-corrected chi connectivity index (χ0v) is 9.76. The first-order chi connectivity index (χ1) is 7.63. The molecule has 3 heteroatoms. The third-order valence-electron chi connectivity index (χ3n) is 3.90. The van der Waals surface area contributed by atoms with Crippen molar-refractivity contribution in [1.29, 1.82) is 0 Å². The van der Waals surface area contributed by atoms with Gasteiger partial charge < -0.3 is 9.53 Å². The van der Waals surface area contributed by atoms with Crippen molar-refractivity contribution in [3.8, 4) is 0 Å². The third kappa shape index (κ3) is 1.91. The average Bonchev–Trinajstić information content (AvgIpc) is 2.55. The second kappa shape index (κ2) is 4.40. The van der Waals surface area contributed by atoms with E-state index in [1.54, 1.807) is 0 Å². The lowest BCUT2D eigenvalue weighted by atomic mass is 9.78. The van der Waals surface area contributed by atoms with E-state index >= 15 is 0 Å². The van der Waals surface area contributed by atoms with Gasteiger partial charge in [0, 0.05) is 18.8 Å². The van der Waals surface area contributed by atoms with Crippen LogP contribution in [0.5, 0.6) is 0 Å². The number of hydrogen-bond donors (Lipinski definition) is 0. The molecule has 0 amide bonds. The van der Waals surface area contributed by atoms with Gasteiger partial charge in [-0.25, -0.2) is 0 Å². The fourth-order valence-corrected chi connectivity index (χ4v) is 3.23. The van der Waals surface area contributed by atoms with Crippen LogP contribution in [-0.4, -0.2) is 18.4 Å². The van der Waals surface area contributed by atoms with Crippen LogP contribution in [0.1, 0.15) is 26.7 Å². The Kier molecular flexibility index (Phi) is 3.13. The van der Waals surface area contributed by atoms with Crippen molar-refractivity contribution in [3.05, 3.63) is 12.2 Å². The summed E-state index contributed by atoms with van der Waals surface area (Å²) in [6.07, 6.45) is 6.98. The Balaban J connectivity index is 2.15. The minimum Gasteiger partial charge on any atom is -0.462 e. The van der Waals surface area contributed by atoms with Gasteiger partial charge in [-0.05, 0) is 24.7 Å². The van der Waals surface area contributed by atoms with Gasteiger partial charge in [0.15, 0.2) is 0 Å². The lowest BCUT2D eigenvalue weighted by Crippen LogP contribution is -2.31. The summed E-state index contributed by atoms with van der Waals surface area (Å²) in [5.41, 5.74) is 0. The number of ether oxygens (including phenoxy) is 1. The highest BCUT2D eigenvalue weighted by Crippen LogP contribution is 2.46. The van der Waals surface area contributed by atoms with Crippen LogP contribution in [0, 0.1) is 23.7 Å². The lowest BCUT2D eigenvalue weighted by Gasteiger charge is -2.29. The number of fused-ring (bicyclic) bond motifs is 1. The smallest absolute Gasteiger partial charge is 0.302 e. The van der Waals surface area contributed by atoms with E-state index in [-0.39, 0.29) is 18.0 Å². The lowest BCUT2D eigenvalue weighted by molar-refractivity contribution is -0.150. The molecular formula is C13H18O3. The summed E-state index contributed by atoms with van der Waals surface area (Å²) in [6.45, 7) is 3.56. The van der Waals surface area contributed by atoms with Crippen LogP contribution in [0.2, 0.25) is 0 Å². The van der Waals surface area contributed by atoms with E-state index in [0.717, 1.165) is 19.1 Å². The molecule has 0 aromatic carbocycles. The fourth-order valence-electron chi connectivity index (χ4n) is 3.23. The standard InChI is InChI=1S/C13H18O3/c1-8-6-12-10(7-14)4-3-5-11(12)13(8)16-9(2)15/h3-4,7-8,10-13H,5-6H2,1-2H3/t8-,10+,11-,12+,13-/m0/s1. The summed E-state index contributed by atoms with van der Waals surface area (Å²) < 4.78 is 5.40. The molecule has 1 saturated carbocycles. The summed E-state index contributed by atoms with van der Waals surface area (Å²) in [4.78, 5) is 22.0. The number of carbonyl (C=O) groups is 2. The second-order valence-corrected chi connectivity index (χ2v) is 4.99. The van der Waals surface area contributed by atoms with Crippen molar-refractivity contribution in [2.24, 2.45) is 23.7 Å². The van der Waals surface area contributed by atoms with Crippen molar-refractivity contribution in [3.63, 3.8) is 0 Å². The molecule has 0 heterocycles. The molecule has 0 radical (unpaired) electrons. The van der Waals surface area contributed by atoms with E-state index in [1.807, 2.05) is 6.08 Å². The quantitative estimate of drug-likeness (QED) is 0.407. The van der Waals surface area contributed by atoms with E-state index in [4.69, 9.17) is 4.74 Å². The number of carbonyl (C=O) groups excluding carboxylic acids is 2. The Hall–Kier alpha value is -1.12. The summed E-state index contributed by atoms with van der Waals surface area (Å²) >= 11 is 0. The van der Waals surface area contributed by atoms with Gasteiger partial charge in [0.05, 0.1) is 0 Å². The molecule has 2 aliphatic carbocycles. The summed E-state index contributed by atoms with van der Waals surface area (Å²) in [7, 11) is 0. The Bertz CT molecular complexity index is 321. The number of rotatable bonds is 2. The predicted octanol–water partition coefficient (Wildman–Crippen LogP) is 1.97. The van der Waals surface area contributed by atoms with Gasteiger partial charge in [-0.3, -0.25) is 4.79 Å². The van der Waals surface area contributed by atoms with Crippen molar-refractivity contribution < 1.29 is 14.3 Å². The fraction of sp³-hybridized carbons (Fsp3) is 0.692. The molecule has 3 nitrogen and oxygen atoms in total. The predicted molar refractivity (Wildman–Crippen MR) is 59.6 cm³/mol.